The maximum absolute atomic E-state index is 11.4. The first-order valence-corrected chi connectivity index (χ1v) is 5.30. The van der Waals surface area contributed by atoms with Gasteiger partial charge in [-0.3, -0.25) is 4.79 Å². The Morgan fingerprint density at radius 3 is 2.58 bits per heavy atom. The second-order valence-electron chi connectivity index (χ2n) is 4.61. The Morgan fingerprint density at radius 2 is 1.83 bits per heavy atom. The number of ketones is 1. The van der Waals surface area contributed by atoms with Gasteiger partial charge in [-0.15, -0.1) is 0 Å². The van der Waals surface area contributed by atoms with Crippen LogP contribution in [0.2, 0.25) is 0 Å². The third-order valence-electron chi connectivity index (χ3n) is 3.74. The molecule has 2 aliphatic rings. The summed E-state index contributed by atoms with van der Waals surface area (Å²) in [5.74, 6) is 2.55. The molecule has 0 heterocycles. The Hall–Kier alpha value is -0.330. The van der Waals surface area contributed by atoms with Crippen LogP contribution in [0, 0.1) is 17.8 Å². The van der Waals surface area contributed by atoms with E-state index < -0.39 is 0 Å². The highest BCUT2D eigenvalue weighted by atomic mass is 16.1. The van der Waals surface area contributed by atoms with E-state index in [-0.39, 0.29) is 0 Å². The number of Topliss-reactive ketones (excluding diaryl/α,β-unsaturated/α-hetero) is 1. The molecule has 0 aromatic rings. The first kappa shape index (κ1) is 8.28. The van der Waals surface area contributed by atoms with E-state index in [2.05, 4.69) is 6.92 Å². The largest absolute Gasteiger partial charge is 0.299 e. The maximum atomic E-state index is 11.4. The topological polar surface area (TPSA) is 17.1 Å². The van der Waals surface area contributed by atoms with Crippen LogP contribution in [0.1, 0.15) is 45.4 Å². The Labute approximate surface area is 74.5 Å². The second kappa shape index (κ2) is 3.20. The molecule has 3 atom stereocenters. The van der Waals surface area contributed by atoms with Crippen LogP contribution in [0.5, 0.6) is 0 Å². The van der Waals surface area contributed by atoms with Crippen LogP contribution in [0.3, 0.4) is 0 Å². The number of rotatable bonds is 0. The van der Waals surface area contributed by atoms with Crippen LogP contribution in [-0.2, 0) is 4.79 Å². The molecule has 68 valence electrons. The van der Waals surface area contributed by atoms with Crippen LogP contribution in [0.15, 0.2) is 0 Å². The molecule has 0 spiro atoms. The summed E-state index contributed by atoms with van der Waals surface area (Å²) >= 11 is 0. The average molecular weight is 166 g/mol. The molecular weight excluding hydrogens is 148 g/mol. The third-order valence-corrected chi connectivity index (χ3v) is 3.74. The van der Waals surface area contributed by atoms with Gasteiger partial charge >= 0.3 is 0 Å². The molecule has 0 bridgehead atoms. The molecule has 0 aromatic heterocycles. The van der Waals surface area contributed by atoms with Crippen molar-refractivity contribution in [2.24, 2.45) is 17.8 Å². The Balaban J connectivity index is 2.02. The lowest BCUT2D eigenvalue weighted by molar-refractivity contribution is -0.127. The van der Waals surface area contributed by atoms with E-state index in [0.29, 0.717) is 11.7 Å². The molecule has 2 saturated carbocycles. The number of fused-ring (bicyclic) bond motifs is 1. The van der Waals surface area contributed by atoms with Crippen molar-refractivity contribution < 1.29 is 4.79 Å². The molecule has 1 nitrogen and oxygen atoms in total. The van der Waals surface area contributed by atoms with Gasteiger partial charge in [0.2, 0.25) is 0 Å². The van der Waals surface area contributed by atoms with Crippen molar-refractivity contribution in [3.05, 3.63) is 0 Å². The second-order valence-corrected chi connectivity index (χ2v) is 4.61. The van der Waals surface area contributed by atoms with Crippen molar-refractivity contribution in [3.8, 4) is 0 Å². The lowest BCUT2D eigenvalue weighted by Gasteiger charge is -2.37. The first-order valence-electron chi connectivity index (χ1n) is 5.30. The van der Waals surface area contributed by atoms with Crippen molar-refractivity contribution in [1.82, 2.24) is 0 Å². The molecule has 3 unspecified atom stereocenters. The minimum absolute atomic E-state index is 0.365. The highest BCUT2D eigenvalue weighted by Crippen LogP contribution is 2.40. The van der Waals surface area contributed by atoms with Crippen molar-refractivity contribution in [3.63, 3.8) is 0 Å². The molecule has 0 aromatic carbocycles. The zero-order valence-electron chi connectivity index (χ0n) is 7.88. The highest BCUT2D eigenvalue weighted by molar-refractivity contribution is 5.81. The molecule has 0 saturated heterocycles. The molecule has 0 amide bonds. The number of carbonyl (C=O) groups excluding carboxylic acids is 1. The Morgan fingerprint density at radius 1 is 1.17 bits per heavy atom. The minimum Gasteiger partial charge on any atom is -0.299 e. The van der Waals surface area contributed by atoms with Gasteiger partial charge in [0, 0.05) is 12.3 Å². The molecule has 2 fully saturated rings. The van der Waals surface area contributed by atoms with E-state index in [1.165, 1.54) is 32.1 Å². The summed E-state index contributed by atoms with van der Waals surface area (Å²) in [5, 5.41) is 0. The maximum Gasteiger partial charge on any atom is 0.135 e. The van der Waals surface area contributed by atoms with E-state index in [4.69, 9.17) is 0 Å². The molecule has 0 aliphatic heterocycles. The quantitative estimate of drug-likeness (QED) is 0.541. The van der Waals surface area contributed by atoms with Gasteiger partial charge in [-0.2, -0.15) is 0 Å². The van der Waals surface area contributed by atoms with E-state index in [1.807, 2.05) is 0 Å². The molecular formula is C11H18O. The summed E-state index contributed by atoms with van der Waals surface area (Å²) in [6, 6.07) is 0. The van der Waals surface area contributed by atoms with Crippen molar-refractivity contribution in [2.75, 3.05) is 0 Å². The van der Waals surface area contributed by atoms with Gasteiger partial charge in [0.25, 0.3) is 0 Å². The average Bonchev–Trinajstić information content (AvgIpc) is 2.07. The van der Waals surface area contributed by atoms with E-state index in [0.717, 1.165) is 18.3 Å². The van der Waals surface area contributed by atoms with Gasteiger partial charge in [-0.25, -0.2) is 0 Å². The summed E-state index contributed by atoms with van der Waals surface area (Å²) < 4.78 is 0. The van der Waals surface area contributed by atoms with Crippen molar-refractivity contribution >= 4 is 5.78 Å². The molecule has 0 radical (unpaired) electrons. The van der Waals surface area contributed by atoms with Crippen molar-refractivity contribution in [2.45, 2.75) is 45.4 Å². The summed E-state index contributed by atoms with van der Waals surface area (Å²) in [4.78, 5) is 11.4. The SMILES string of the molecule is CC1CC2CCCCC2CC1=O. The monoisotopic (exact) mass is 166 g/mol. The summed E-state index contributed by atoms with van der Waals surface area (Å²) in [7, 11) is 0. The standard InChI is InChI=1S/C11H18O/c1-8-6-9-4-2-3-5-10(9)7-11(8)12/h8-10H,2-7H2,1H3. The van der Waals surface area contributed by atoms with E-state index in [9.17, 15) is 4.79 Å². The normalized spacial score (nSPS) is 42.4. The number of carbonyl (C=O) groups is 1. The van der Waals surface area contributed by atoms with Gasteiger partial charge in [-0.1, -0.05) is 26.2 Å². The predicted molar refractivity (Wildman–Crippen MR) is 48.9 cm³/mol. The number of hydrogen-bond donors (Lipinski definition) is 0. The van der Waals surface area contributed by atoms with Gasteiger partial charge in [0.15, 0.2) is 0 Å². The van der Waals surface area contributed by atoms with Gasteiger partial charge in [0.05, 0.1) is 0 Å². The Kier molecular flexibility index (Phi) is 2.20. The van der Waals surface area contributed by atoms with Crippen LogP contribution in [0.4, 0.5) is 0 Å². The predicted octanol–water partition coefficient (Wildman–Crippen LogP) is 2.79. The van der Waals surface area contributed by atoms with E-state index in [1.54, 1.807) is 0 Å². The molecule has 2 rings (SSSR count). The molecule has 1 heteroatoms. The minimum atomic E-state index is 0.365. The first-order chi connectivity index (χ1) is 5.77. The van der Waals surface area contributed by atoms with E-state index >= 15 is 0 Å². The summed E-state index contributed by atoms with van der Waals surface area (Å²) in [5.41, 5.74) is 0. The van der Waals surface area contributed by atoms with Crippen LogP contribution in [-0.4, -0.2) is 5.78 Å². The van der Waals surface area contributed by atoms with Gasteiger partial charge in [-0.05, 0) is 24.7 Å². The van der Waals surface area contributed by atoms with Crippen LogP contribution in [0.25, 0.3) is 0 Å². The summed E-state index contributed by atoms with van der Waals surface area (Å²) in [6.07, 6.45) is 7.56. The third kappa shape index (κ3) is 1.41. The zero-order valence-corrected chi connectivity index (χ0v) is 7.88. The highest BCUT2D eigenvalue weighted by Gasteiger charge is 2.34. The van der Waals surface area contributed by atoms with Crippen LogP contribution >= 0.6 is 0 Å². The molecule has 2 aliphatic carbocycles. The van der Waals surface area contributed by atoms with Crippen LogP contribution < -0.4 is 0 Å². The fourth-order valence-electron chi connectivity index (χ4n) is 2.91. The molecule has 12 heavy (non-hydrogen) atoms. The fraction of sp³-hybridized carbons (Fsp3) is 0.909. The smallest absolute Gasteiger partial charge is 0.135 e. The van der Waals surface area contributed by atoms with Gasteiger partial charge < -0.3 is 0 Å². The lowest BCUT2D eigenvalue weighted by Crippen LogP contribution is -2.32. The number of hydrogen-bond acceptors (Lipinski definition) is 1. The van der Waals surface area contributed by atoms with Crippen molar-refractivity contribution in [1.29, 1.82) is 0 Å². The fourth-order valence-corrected chi connectivity index (χ4v) is 2.91. The zero-order chi connectivity index (χ0) is 8.55. The molecule has 0 N–H and O–H groups in total. The summed E-state index contributed by atoms with van der Waals surface area (Å²) in [6.45, 7) is 2.10. The Bertz CT molecular complexity index is 185. The lowest BCUT2D eigenvalue weighted by atomic mass is 9.67. The van der Waals surface area contributed by atoms with Gasteiger partial charge in [0.1, 0.15) is 5.78 Å².